The average Bonchev–Trinajstić information content (AvgIpc) is 2.75. The minimum absolute atomic E-state index is 0.118. The molecule has 35 heavy (non-hydrogen) atoms. The van der Waals surface area contributed by atoms with Gasteiger partial charge in [-0.25, -0.2) is 0 Å². The molecule has 0 aliphatic carbocycles. The Balaban J connectivity index is 1.95. The highest BCUT2D eigenvalue weighted by molar-refractivity contribution is 5.96. The Morgan fingerprint density at radius 1 is 0.914 bits per heavy atom. The van der Waals surface area contributed by atoms with Crippen molar-refractivity contribution in [2.24, 2.45) is 0 Å². The lowest BCUT2D eigenvalue weighted by molar-refractivity contribution is -0.147. The number of benzene rings is 2. The van der Waals surface area contributed by atoms with Crippen LogP contribution in [0.1, 0.15) is 75.0 Å². The molecule has 0 saturated heterocycles. The van der Waals surface area contributed by atoms with Gasteiger partial charge in [-0.1, -0.05) is 53.7 Å². The zero-order valence-corrected chi connectivity index (χ0v) is 22.1. The number of ether oxygens (including phenoxy) is 1. The maximum atomic E-state index is 12.3. The van der Waals surface area contributed by atoms with Gasteiger partial charge in [-0.3, -0.25) is 14.4 Å². The molecule has 7 heteroatoms. The Kier molecular flexibility index (Phi) is 8.71. The highest BCUT2D eigenvalue weighted by Crippen LogP contribution is 2.40. The van der Waals surface area contributed by atoms with Crippen molar-refractivity contribution in [3.8, 4) is 5.75 Å². The number of carbonyl (C=O) groups is 3. The monoisotopic (exact) mass is 482 g/mol. The Hall–Kier alpha value is -3.35. The molecule has 0 aromatic heterocycles. The van der Waals surface area contributed by atoms with Gasteiger partial charge in [0.05, 0.1) is 0 Å². The Labute approximate surface area is 208 Å². The number of nitrogens with zero attached hydrogens (tertiary/aromatic N) is 1. The predicted molar refractivity (Wildman–Crippen MR) is 138 cm³/mol. The van der Waals surface area contributed by atoms with Crippen LogP contribution in [0, 0.1) is 0 Å². The largest absolute Gasteiger partial charge is 0.507 e. The summed E-state index contributed by atoms with van der Waals surface area (Å²) < 4.78 is 5.15. The summed E-state index contributed by atoms with van der Waals surface area (Å²) in [7, 11) is 3.34. The lowest BCUT2D eigenvalue weighted by Crippen LogP contribution is -2.22. The van der Waals surface area contributed by atoms with Gasteiger partial charge in [0.15, 0.2) is 6.61 Å². The van der Waals surface area contributed by atoms with Crippen LogP contribution in [0.3, 0.4) is 0 Å². The van der Waals surface area contributed by atoms with Crippen LogP contribution in [0.2, 0.25) is 0 Å². The van der Waals surface area contributed by atoms with Crippen molar-refractivity contribution in [1.82, 2.24) is 4.90 Å². The SMILES string of the molecule is CN(C)C(=O)c1ccc(NC(=O)COC(=O)CCc2cc(C(C)(C)C)c(O)c(C(C)(C)C)c2)cc1. The molecule has 0 spiro atoms. The van der Waals surface area contributed by atoms with Crippen LogP contribution in [-0.2, 0) is 31.6 Å². The van der Waals surface area contributed by atoms with E-state index in [0.717, 1.165) is 16.7 Å². The van der Waals surface area contributed by atoms with E-state index in [1.165, 1.54) is 4.90 Å². The van der Waals surface area contributed by atoms with E-state index in [1.807, 2.05) is 53.7 Å². The average molecular weight is 483 g/mol. The van der Waals surface area contributed by atoms with Crippen molar-refractivity contribution in [1.29, 1.82) is 0 Å². The summed E-state index contributed by atoms with van der Waals surface area (Å²) in [6.07, 6.45) is 0.556. The van der Waals surface area contributed by atoms with Gasteiger partial charge < -0.3 is 20.1 Å². The van der Waals surface area contributed by atoms with Crippen LogP contribution < -0.4 is 5.32 Å². The summed E-state index contributed by atoms with van der Waals surface area (Å²) in [6.45, 7) is 11.8. The molecule has 0 atom stereocenters. The van der Waals surface area contributed by atoms with Crippen LogP contribution in [0.4, 0.5) is 5.69 Å². The number of hydrogen-bond donors (Lipinski definition) is 2. The van der Waals surface area contributed by atoms with Crippen molar-refractivity contribution in [3.05, 3.63) is 58.7 Å². The van der Waals surface area contributed by atoms with E-state index in [1.54, 1.807) is 38.4 Å². The van der Waals surface area contributed by atoms with Crippen molar-refractivity contribution in [2.75, 3.05) is 26.0 Å². The number of hydrogen-bond acceptors (Lipinski definition) is 5. The van der Waals surface area contributed by atoms with Crippen LogP contribution in [0.15, 0.2) is 36.4 Å². The van der Waals surface area contributed by atoms with Gasteiger partial charge >= 0.3 is 5.97 Å². The molecule has 0 aliphatic rings. The van der Waals surface area contributed by atoms with Gasteiger partial charge in [-0.15, -0.1) is 0 Å². The maximum Gasteiger partial charge on any atom is 0.306 e. The quantitative estimate of drug-likeness (QED) is 0.553. The molecule has 2 rings (SSSR count). The second-order valence-electron chi connectivity index (χ2n) is 11.0. The van der Waals surface area contributed by atoms with Gasteiger partial charge in [0, 0.05) is 31.8 Å². The third-order valence-corrected chi connectivity index (χ3v) is 5.59. The number of nitrogens with one attached hydrogen (secondary N) is 1. The van der Waals surface area contributed by atoms with Crippen molar-refractivity contribution in [2.45, 2.75) is 65.2 Å². The van der Waals surface area contributed by atoms with Gasteiger partial charge in [0.2, 0.25) is 0 Å². The minimum Gasteiger partial charge on any atom is -0.507 e. The molecule has 190 valence electrons. The summed E-state index contributed by atoms with van der Waals surface area (Å²) in [6, 6.07) is 10.4. The molecule has 0 aliphatic heterocycles. The number of amides is 2. The first-order valence-corrected chi connectivity index (χ1v) is 11.7. The molecule has 0 heterocycles. The van der Waals surface area contributed by atoms with E-state index in [-0.39, 0.29) is 23.2 Å². The molecule has 2 aromatic rings. The molecule has 2 N–H and O–H groups in total. The number of aromatic hydroxyl groups is 1. The molecular formula is C28H38N2O5. The zero-order chi connectivity index (χ0) is 26.6. The number of aryl methyl sites for hydroxylation is 1. The van der Waals surface area contributed by atoms with Crippen LogP contribution >= 0.6 is 0 Å². The Morgan fingerprint density at radius 3 is 1.89 bits per heavy atom. The van der Waals surface area contributed by atoms with Gasteiger partial charge in [-0.05, 0) is 58.2 Å². The topological polar surface area (TPSA) is 95.9 Å². The minimum atomic E-state index is -0.477. The smallest absolute Gasteiger partial charge is 0.306 e. The van der Waals surface area contributed by atoms with Crippen LogP contribution in [-0.4, -0.2) is 48.5 Å². The van der Waals surface area contributed by atoms with Crippen molar-refractivity contribution in [3.63, 3.8) is 0 Å². The van der Waals surface area contributed by atoms with Crippen molar-refractivity contribution >= 4 is 23.5 Å². The van der Waals surface area contributed by atoms with Gasteiger partial charge in [0.25, 0.3) is 11.8 Å². The number of carbonyl (C=O) groups excluding carboxylic acids is 3. The Bertz CT molecular complexity index is 1040. The summed E-state index contributed by atoms with van der Waals surface area (Å²) >= 11 is 0. The summed E-state index contributed by atoms with van der Waals surface area (Å²) in [5, 5.41) is 13.5. The standard InChI is InChI=1S/C28H38N2O5/c1-27(2,3)21-15-18(16-22(25(21)33)28(4,5)6)9-14-24(32)35-17-23(31)29-20-12-10-19(11-13-20)26(34)30(7)8/h10-13,15-16,33H,9,14,17H2,1-8H3,(H,29,31). The third kappa shape index (κ3) is 7.84. The van der Waals surface area contributed by atoms with Gasteiger partial charge in [-0.2, -0.15) is 0 Å². The van der Waals surface area contributed by atoms with E-state index < -0.39 is 18.5 Å². The number of esters is 1. The molecule has 0 unspecified atom stereocenters. The second-order valence-corrected chi connectivity index (χ2v) is 11.0. The third-order valence-electron chi connectivity index (χ3n) is 5.59. The van der Waals surface area contributed by atoms with E-state index in [2.05, 4.69) is 5.32 Å². The summed E-state index contributed by atoms with van der Waals surface area (Å²) in [5.74, 6) is -0.767. The molecule has 0 radical (unpaired) electrons. The fourth-order valence-corrected chi connectivity index (χ4v) is 3.60. The summed E-state index contributed by atoms with van der Waals surface area (Å²) in [4.78, 5) is 37.9. The normalized spacial score (nSPS) is 11.7. The first kappa shape index (κ1) is 27.9. The van der Waals surface area contributed by atoms with Crippen LogP contribution in [0.5, 0.6) is 5.75 Å². The molecule has 0 bridgehead atoms. The molecule has 7 nitrogen and oxygen atoms in total. The molecule has 2 amide bonds. The highest BCUT2D eigenvalue weighted by Gasteiger charge is 2.26. The van der Waals surface area contributed by atoms with E-state index in [4.69, 9.17) is 4.74 Å². The number of phenols is 1. The highest BCUT2D eigenvalue weighted by atomic mass is 16.5. The number of rotatable bonds is 7. The van der Waals surface area contributed by atoms with Gasteiger partial charge in [0.1, 0.15) is 5.75 Å². The first-order valence-electron chi connectivity index (χ1n) is 11.7. The zero-order valence-electron chi connectivity index (χ0n) is 22.1. The number of anilines is 1. The Morgan fingerprint density at radius 2 is 1.43 bits per heavy atom. The molecule has 0 saturated carbocycles. The fourth-order valence-electron chi connectivity index (χ4n) is 3.60. The molecular weight excluding hydrogens is 444 g/mol. The lowest BCUT2D eigenvalue weighted by Gasteiger charge is -2.28. The first-order chi connectivity index (χ1) is 16.1. The fraction of sp³-hybridized carbons (Fsp3) is 0.464. The number of phenolic OH excluding ortho intramolecular Hbond substituents is 1. The van der Waals surface area contributed by atoms with E-state index in [0.29, 0.717) is 23.4 Å². The van der Waals surface area contributed by atoms with E-state index in [9.17, 15) is 19.5 Å². The maximum absolute atomic E-state index is 12.3. The second kappa shape index (κ2) is 10.9. The summed E-state index contributed by atoms with van der Waals surface area (Å²) in [5.41, 5.74) is 3.13. The molecule has 0 fully saturated rings. The predicted octanol–water partition coefficient (Wildman–Crippen LogP) is 4.80. The van der Waals surface area contributed by atoms with E-state index >= 15 is 0 Å². The van der Waals surface area contributed by atoms with Crippen LogP contribution in [0.25, 0.3) is 0 Å². The molecule has 2 aromatic carbocycles. The van der Waals surface area contributed by atoms with Crippen molar-refractivity contribution < 1.29 is 24.2 Å². The lowest BCUT2D eigenvalue weighted by atomic mass is 9.78.